The van der Waals surface area contributed by atoms with Crippen LogP contribution in [-0.4, -0.2) is 18.5 Å². The summed E-state index contributed by atoms with van der Waals surface area (Å²) in [6.45, 7) is 4.61. The number of carbonyl (C=O) groups excluding carboxylic acids is 2. The first-order chi connectivity index (χ1) is 12.2. The van der Waals surface area contributed by atoms with Gasteiger partial charge in [0.25, 0.3) is 0 Å². The molecule has 25 heavy (non-hydrogen) atoms. The number of esters is 1. The van der Waals surface area contributed by atoms with Crippen LogP contribution in [0.4, 0.5) is 5.69 Å². The van der Waals surface area contributed by atoms with Crippen molar-refractivity contribution in [2.45, 2.75) is 78.1 Å². The molecular formula is C21H33NO3. The second-order valence-electron chi connectivity index (χ2n) is 6.47. The van der Waals surface area contributed by atoms with E-state index in [-0.39, 0.29) is 0 Å². The summed E-state index contributed by atoms with van der Waals surface area (Å²) in [4.78, 5) is 23.4. The second-order valence-corrected chi connectivity index (χ2v) is 6.47. The number of nitrogens with one attached hydrogen (secondary N) is 1. The molecule has 140 valence electrons. The van der Waals surface area contributed by atoms with Gasteiger partial charge >= 0.3 is 11.9 Å². The molecule has 0 fully saturated rings. The Bertz CT molecular complexity index is 496. The van der Waals surface area contributed by atoms with Crippen molar-refractivity contribution in [1.29, 1.82) is 0 Å². The van der Waals surface area contributed by atoms with Crippen LogP contribution in [0.5, 0.6) is 0 Å². The van der Waals surface area contributed by atoms with Crippen LogP contribution in [0.1, 0.15) is 77.2 Å². The van der Waals surface area contributed by atoms with Crippen molar-refractivity contribution in [2.75, 3.05) is 11.9 Å². The quantitative estimate of drug-likeness (QED) is 0.319. The molecule has 0 saturated heterocycles. The average Bonchev–Trinajstić information content (AvgIpc) is 2.63. The first kappa shape index (κ1) is 21.2. The lowest BCUT2D eigenvalue weighted by Crippen LogP contribution is -2.25. The van der Waals surface area contributed by atoms with Crippen LogP contribution in [-0.2, 0) is 20.7 Å². The maximum Gasteiger partial charge on any atom is 0.397 e. The zero-order valence-electron chi connectivity index (χ0n) is 15.8. The van der Waals surface area contributed by atoms with Gasteiger partial charge in [-0.1, -0.05) is 77.3 Å². The number of aryl methyl sites for hydroxylation is 1. The van der Waals surface area contributed by atoms with Gasteiger partial charge in [0.2, 0.25) is 0 Å². The Hall–Kier alpha value is -1.84. The minimum Gasteiger partial charge on any atom is -0.459 e. The average molecular weight is 347 g/mol. The van der Waals surface area contributed by atoms with Crippen LogP contribution in [0.3, 0.4) is 0 Å². The molecule has 0 aliphatic carbocycles. The van der Waals surface area contributed by atoms with E-state index < -0.39 is 11.9 Å². The van der Waals surface area contributed by atoms with Crippen molar-refractivity contribution >= 4 is 17.6 Å². The van der Waals surface area contributed by atoms with Gasteiger partial charge in [-0.2, -0.15) is 0 Å². The molecule has 1 aromatic carbocycles. The Kier molecular flexibility index (Phi) is 11.4. The molecule has 1 aromatic rings. The Morgan fingerprint density at radius 1 is 0.840 bits per heavy atom. The minimum absolute atomic E-state index is 0.316. The molecule has 4 heteroatoms. The van der Waals surface area contributed by atoms with E-state index >= 15 is 0 Å². The highest BCUT2D eigenvalue weighted by Gasteiger charge is 2.15. The van der Waals surface area contributed by atoms with Gasteiger partial charge in [-0.05, 0) is 30.5 Å². The monoisotopic (exact) mass is 347 g/mol. The van der Waals surface area contributed by atoms with Crippen molar-refractivity contribution in [3.8, 4) is 0 Å². The van der Waals surface area contributed by atoms with Crippen LogP contribution in [0.25, 0.3) is 0 Å². The molecule has 0 bridgehead atoms. The molecule has 0 aromatic heterocycles. The van der Waals surface area contributed by atoms with Crippen molar-refractivity contribution in [2.24, 2.45) is 0 Å². The van der Waals surface area contributed by atoms with E-state index in [2.05, 4.69) is 19.2 Å². The summed E-state index contributed by atoms with van der Waals surface area (Å²) in [5.41, 5.74) is 1.80. The number of hydrogen-bond donors (Lipinski definition) is 1. The fourth-order valence-electron chi connectivity index (χ4n) is 2.65. The van der Waals surface area contributed by atoms with E-state index in [0.717, 1.165) is 19.3 Å². The van der Waals surface area contributed by atoms with Crippen molar-refractivity contribution in [3.05, 3.63) is 29.8 Å². The summed E-state index contributed by atoms with van der Waals surface area (Å²) in [7, 11) is 0. The lowest BCUT2D eigenvalue weighted by Gasteiger charge is -2.07. The molecule has 1 amide bonds. The largest absolute Gasteiger partial charge is 0.459 e. The van der Waals surface area contributed by atoms with Gasteiger partial charge in [0, 0.05) is 5.69 Å². The highest BCUT2D eigenvalue weighted by atomic mass is 16.5. The molecule has 4 nitrogen and oxygen atoms in total. The van der Waals surface area contributed by atoms with E-state index in [4.69, 9.17) is 4.74 Å². The Morgan fingerprint density at radius 3 is 1.96 bits per heavy atom. The van der Waals surface area contributed by atoms with Crippen LogP contribution in [0.15, 0.2) is 24.3 Å². The second kappa shape index (κ2) is 13.5. The highest BCUT2D eigenvalue weighted by Crippen LogP contribution is 2.11. The number of amides is 1. The Balaban J connectivity index is 2.06. The molecule has 0 spiro atoms. The van der Waals surface area contributed by atoms with Gasteiger partial charge in [-0.15, -0.1) is 0 Å². The zero-order chi connectivity index (χ0) is 18.3. The molecule has 1 rings (SSSR count). The van der Waals surface area contributed by atoms with Crippen molar-refractivity contribution in [1.82, 2.24) is 0 Å². The van der Waals surface area contributed by atoms with E-state index in [1.807, 2.05) is 12.1 Å². The molecule has 0 aliphatic rings. The third-order valence-electron chi connectivity index (χ3n) is 4.29. The molecule has 0 atom stereocenters. The lowest BCUT2D eigenvalue weighted by atomic mass is 10.1. The number of unbranched alkanes of at least 4 members (excludes halogenated alkanes) is 8. The minimum atomic E-state index is -0.806. The van der Waals surface area contributed by atoms with Gasteiger partial charge in [0.15, 0.2) is 0 Å². The number of anilines is 1. The first-order valence-electron chi connectivity index (χ1n) is 9.74. The van der Waals surface area contributed by atoms with Crippen molar-refractivity contribution in [3.63, 3.8) is 0 Å². The standard InChI is InChI=1S/C21H33NO3/c1-3-5-6-7-8-9-10-11-12-17-25-21(24)20(23)22-19-15-13-18(4-2)14-16-19/h13-16H,3-12,17H2,1-2H3,(H,22,23). The maximum absolute atomic E-state index is 11.8. The van der Waals surface area contributed by atoms with Crippen molar-refractivity contribution < 1.29 is 14.3 Å². The topological polar surface area (TPSA) is 55.4 Å². The van der Waals surface area contributed by atoms with Gasteiger partial charge in [0.05, 0.1) is 6.61 Å². The molecule has 0 heterocycles. The fourth-order valence-corrected chi connectivity index (χ4v) is 2.65. The summed E-state index contributed by atoms with van der Waals surface area (Å²) in [5, 5.41) is 2.57. The van der Waals surface area contributed by atoms with Gasteiger partial charge in [0.1, 0.15) is 0 Å². The Labute approximate surface area is 152 Å². The number of benzene rings is 1. The summed E-state index contributed by atoms with van der Waals surface area (Å²) in [6.07, 6.45) is 11.8. The summed E-state index contributed by atoms with van der Waals surface area (Å²) in [6, 6.07) is 7.46. The normalized spacial score (nSPS) is 10.5. The molecule has 0 radical (unpaired) electrons. The van der Waals surface area contributed by atoms with Gasteiger partial charge < -0.3 is 10.1 Å². The van der Waals surface area contributed by atoms with Gasteiger partial charge in [-0.25, -0.2) is 4.79 Å². The summed E-state index contributed by atoms with van der Waals surface area (Å²) in [5.74, 6) is -1.51. The molecule has 0 aliphatic heterocycles. The summed E-state index contributed by atoms with van der Waals surface area (Å²) >= 11 is 0. The van der Waals surface area contributed by atoms with Crippen LogP contribution >= 0.6 is 0 Å². The van der Waals surface area contributed by atoms with Crippen LogP contribution < -0.4 is 5.32 Å². The molecule has 0 saturated carbocycles. The van der Waals surface area contributed by atoms with E-state index in [9.17, 15) is 9.59 Å². The van der Waals surface area contributed by atoms with E-state index in [1.54, 1.807) is 12.1 Å². The number of hydrogen-bond acceptors (Lipinski definition) is 3. The van der Waals surface area contributed by atoms with E-state index in [1.165, 1.54) is 50.5 Å². The maximum atomic E-state index is 11.8. The zero-order valence-corrected chi connectivity index (χ0v) is 15.8. The molecule has 1 N–H and O–H groups in total. The number of carbonyl (C=O) groups is 2. The predicted molar refractivity (Wildman–Crippen MR) is 103 cm³/mol. The Morgan fingerprint density at radius 2 is 1.40 bits per heavy atom. The number of rotatable bonds is 12. The molecular weight excluding hydrogens is 314 g/mol. The lowest BCUT2D eigenvalue weighted by molar-refractivity contribution is -0.152. The smallest absolute Gasteiger partial charge is 0.397 e. The third kappa shape index (κ3) is 9.90. The predicted octanol–water partition coefficient (Wildman–Crippen LogP) is 5.26. The highest BCUT2D eigenvalue weighted by molar-refractivity contribution is 6.37. The SMILES string of the molecule is CCCCCCCCCCCOC(=O)C(=O)Nc1ccc(CC)cc1. The number of ether oxygens (including phenoxy) is 1. The summed E-state index contributed by atoms with van der Waals surface area (Å²) < 4.78 is 5.03. The first-order valence-corrected chi connectivity index (χ1v) is 9.74. The van der Waals surface area contributed by atoms with Gasteiger partial charge in [-0.3, -0.25) is 4.79 Å². The van der Waals surface area contributed by atoms with E-state index in [0.29, 0.717) is 12.3 Å². The third-order valence-corrected chi connectivity index (χ3v) is 4.29. The molecule has 0 unspecified atom stereocenters. The van der Waals surface area contributed by atoms with Crippen LogP contribution in [0, 0.1) is 0 Å². The van der Waals surface area contributed by atoms with Crippen LogP contribution in [0.2, 0.25) is 0 Å². The fraction of sp³-hybridized carbons (Fsp3) is 0.619.